The molecule has 0 saturated heterocycles. The van der Waals surface area contributed by atoms with Crippen LogP contribution in [0.25, 0.3) is 10.9 Å². The van der Waals surface area contributed by atoms with E-state index in [9.17, 15) is 9.90 Å². The molecule has 0 unspecified atom stereocenters. The van der Waals surface area contributed by atoms with Gasteiger partial charge < -0.3 is 24.6 Å². The van der Waals surface area contributed by atoms with E-state index in [2.05, 4.69) is 58.3 Å². The fourth-order valence-electron chi connectivity index (χ4n) is 3.26. The van der Waals surface area contributed by atoms with Gasteiger partial charge in [-0.2, -0.15) is 0 Å². The maximum Gasteiger partial charge on any atom is 0.209 e. The predicted molar refractivity (Wildman–Crippen MR) is 129 cm³/mol. The Hall–Kier alpha value is -4.24. The van der Waals surface area contributed by atoms with Crippen LogP contribution in [0.2, 0.25) is 0 Å². The Morgan fingerprint density at radius 3 is 1.38 bits per heavy atom. The third-order valence-corrected chi connectivity index (χ3v) is 5.03. The number of anilines is 5. The standard InChI is InChI=1S/C26H26N4O2/c1-27-25(26(31)32)18-19-6-8-22(9-7-19)30(23-14-10-20(11-15-23)28(2)3)24-16-12-21(13-17-24)29(4)5/h6-18H,2-5H3,(H,31,32)/p-1/b25-18-. The van der Waals surface area contributed by atoms with Gasteiger partial charge in [0.15, 0.2) is 0 Å². The second kappa shape index (κ2) is 9.71. The van der Waals surface area contributed by atoms with Crippen molar-refractivity contribution >= 4 is 40.5 Å². The number of carboxylic acids is 1. The summed E-state index contributed by atoms with van der Waals surface area (Å²) in [7, 11) is 8.01. The van der Waals surface area contributed by atoms with E-state index >= 15 is 0 Å². The molecule has 3 aromatic carbocycles. The molecule has 6 nitrogen and oxygen atoms in total. The van der Waals surface area contributed by atoms with Gasteiger partial charge in [-0.3, -0.25) is 0 Å². The molecule has 0 atom stereocenters. The Morgan fingerprint density at radius 2 is 1.06 bits per heavy atom. The molecule has 0 radical (unpaired) electrons. The molecular weight excluding hydrogens is 400 g/mol. The van der Waals surface area contributed by atoms with Gasteiger partial charge in [-0.1, -0.05) is 12.1 Å². The number of hydrogen-bond donors (Lipinski definition) is 0. The summed E-state index contributed by atoms with van der Waals surface area (Å²) in [6.07, 6.45) is 1.31. The summed E-state index contributed by atoms with van der Waals surface area (Å²) in [5.41, 5.74) is 5.30. The predicted octanol–water partition coefficient (Wildman–Crippen LogP) is 4.30. The summed E-state index contributed by atoms with van der Waals surface area (Å²) in [6, 6.07) is 23.9. The normalized spacial score (nSPS) is 10.9. The minimum absolute atomic E-state index is 0.423. The minimum atomic E-state index is -1.48. The molecule has 0 aliphatic rings. The highest BCUT2D eigenvalue weighted by Gasteiger charge is 2.13. The fourth-order valence-corrected chi connectivity index (χ4v) is 3.26. The van der Waals surface area contributed by atoms with Crippen molar-refractivity contribution in [3.63, 3.8) is 0 Å². The quantitative estimate of drug-likeness (QED) is 0.417. The van der Waals surface area contributed by atoms with Crippen molar-refractivity contribution in [2.45, 2.75) is 0 Å². The molecule has 0 spiro atoms. The molecule has 0 aliphatic heterocycles. The number of carbonyl (C=O) groups is 1. The molecule has 32 heavy (non-hydrogen) atoms. The topological polar surface area (TPSA) is 54.2 Å². The Bertz CT molecular complexity index is 1090. The van der Waals surface area contributed by atoms with Crippen LogP contribution in [0.15, 0.2) is 78.5 Å². The largest absolute Gasteiger partial charge is 0.558 e. The first-order chi connectivity index (χ1) is 15.3. The van der Waals surface area contributed by atoms with Gasteiger partial charge in [0.2, 0.25) is 5.70 Å². The van der Waals surface area contributed by atoms with Crippen molar-refractivity contribution in [1.82, 2.24) is 0 Å². The zero-order valence-electron chi connectivity index (χ0n) is 18.6. The molecule has 6 heteroatoms. The average Bonchev–Trinajstić information content (AvgIpc) is 2.79. The molecule has 0 aliphatic carbocycles. The summed E-state index contributed by atoms with van der Waals surface area (Å²) in [6.45, 7) is 6.99. The molecule has 0 heterocycles. The van der Waals surface area contributed by atoms with Crippen LogP contribution >= 0.6 is 0 Å². The molecule has 3 rings (SSSR count). The molecule has 0 amide bonds. The van der Waals surface area contributed by atoms with E-state index in [1.165, 1.54) is 6.08 Å². The smallest absolute Gasteiger partial charge is 0.209 e. The van der Waals surface area contributed by atoms with Crippen LogP contribution in [0, 0.1) is 6.57 Å². The number of hydrogen-bond acceptors (Lipinski definition) is 5. The lowest BCUT2D eigenvalue weighted by Crippen LogP contribution is -2.22. The Kier molecular flexibility index (Phi) is 6.81. The molecular formula is C26H25N4O2-. The number of carboxylic acid groups (broad SMARTS) is 1. The van der Waals surface area contributed by atoms with Gasteiger partial charge in [-0.15, -0.1) is 0 Å². The van der Waals surface area contributed by atoms with E-state index in [0.29, 0.717) is 5.56 Å². The van der Waals surface area contributed by atoms with Crippen LogP contribution in [-0.2, 0) is 4.79 Å². The van der Waals surface area contributed by atoms with Crippen molar-refractivity contribution in [3.05, 3.63) is 95.5 Å². The van der Waals surface area contributed by atoms with Gasteiger partial charge in [-0.05, 0) is 72.3 Å². The van der Waals surface area contributed by atoms with Crippen molar-refractivity contribution in [2.24, 2.45) is 0 Å². The molecule has 0 saturated carbocycles. The molecule has 0 aromatic heterocycles. The molecule has 0 fully saturated rings. The van der Waals surface area contributed by atoms with E-state index in [0.717, 1.165) is 28.4 Å². The van der Waals surface area contributed by atoms with Gasteiger partial charge in [0.1, 0.15) is 0 Å². The Labute approximate surface area is 189 Å². The summed E-state index contributed by atoms with van der Waals surface area (Å²) in [4.78, 5) is 20.3. The van der Waals surface area contributed by atoms with Gasteiger partial charge in [0.25, 0.3) is 0 Å². The lowest BCUT2D eigenvalue weighted by atomic mass is 10.1. The Balaban J connectivity index is 2.04. The molecule has 0 bridgehead atoms. The Morgan fingerprint density at radius 1 is 0.719 bits per heavy atom. The minimum Gasteiger partial charge on any atom is -0.558 e. The number of benzene rings is 3. The van der Waals surface area contributed by atoms with Crippen molar-refractivity contribution in [2.75, 3.05) is 42.9 Å². The summed E-state index contributed by atoms with van der Waals surface area (Å²) < 4.78 is 0. The number of carbonyl (C=O) groups excluding carboxylic acids is 1. The molecule has 3 aromatic rings. The maximum absolute atomic E-state index is 11.0. The average molecular weight is 426 g/mol. The van der Waals surface area contributed by atoms with Gasteiger partial charge in [0.05, 0.1) is 12.5 Å². The highest BCUT2D eigenvalue weighted by molar-refractivity contribution is 5.92. The first kappa shape index (κ1) is 22.4. The van der Waals surface area contributed by atoms with Crippen LogP contribution < -0.4 is 19.8 Å². The first-order valence-corrected chi connectivity index (χ1v) is 10.1. The number of aliphatic carboxylic acids is 1. The van der Waals surface area contributed by atoms with E-state index in [4.69, 9.17) is 6.57 Å². The highest BCUT2D eigenvalue weighted by Crippen LogP contribution is 2.36. The summed E-state index contributed by atoms with van der Waals surface area (Å²) in [5, 5.41) is 11.0. The second-order valence-electron chi connectivity index (χ2n) is 7.68. The third kappa shape index (κ3) is 5.08. The lowest BCUT2D eigenvalue weighted by molar-refractivity contribution is -0.298. The van der Waals surface area contributed by atoms with Crippen molar-refractivity contribution in [3.8, 4) is 0 Å². The SMILES string of the molecule is [C-]#[N+]/C(=C\c1ccc(N(c2ccc(N(C)C)cc2)c2ccc(N(C)C)cc2)cc1)C(=O)[O-]. The molecule has 0 N–H and O–H groups in total. The van der Waals surface area contributed by atoms with E-state index < -0.39 is 11.7 Å². The highest BCUT2D eigenvalue weighted by atomic mass is 16.4. The van der Waals surface area contributed by atoms with Crippen LogP contribution in [0.5, 0.6) is 0 Å². The summed E-state index contributed by atoms with van der Waals surface area (Å²) in [5.74, 6) is -1.48. The fraction of sp³-hybridized carbons (Fsp3) is 0.154. The lowest BCUT2D eigenvalue weighted by Gasteiger charge is -2.27. The van der Waals surface area contributed by atoms with Crippen LogP contribution in [0.3, 0.4) is 0 Å². The zero-order valence-corrected chi connectivity index (χ0v) is 18.6. The number of nitrogens with zero attached hydrogens (tertiary/aromatic N) is 4. The van der Waals surface area contributed by atoms with Crippen molar-refractivity contribution in [1.29, 1.82) is 0 Å². The van der Waals surface area contributed by atoms with Gasteiger partial charge in [-0.25, -0.2) is 4.85 Å². The monoisotopic (exact) mass is 425 g/mol. The van der Waals surface area contributed by atoms with Crippen LogP contribution in [0.4, 0.5) is 28.4 Å². The third-order valence-electron chi connectivity index (χ3n) is 5.03. The van der Waals surface area contributed by atoms with Crippen LogP contribution in [-0.4, -0.2) is 34.2 Å². The second-order valence-corrected chi connectivity index (χ2v) is 7.68. The van der Waals surface area contributed by atoms with E-state index in [1.54, 1.807) is 12.1 Å². The van der Waals surface area contributed by atoms with Gasteiger partial charge >= 0.3 is 0 Å². The number of rotatable bonds is 7. The van der Waals surface area contributed by atoms with E-state index in [1.807, 2.05) is 50.1 Å². The van der Waals surface area contributed by atoms with E-state index in [-0.39, 0.29) is 0 Å². The molecule has 162 valence electrons. The van der Waals surface area contributed by atoms with Crippen molar-refractivity contribution < 1.29 is 9.90 Å². The van der Waals surface area contributed by atoms with Crippen LogP contribution in [0.1, 0.15) is 5.56 Å². The van der Waals surface area contributed by atoms with Gasteiger partial charge in [0, 0.05) is 56.6 Å². The maximum atomic E-state index is 11.0. The summed E-state index contributed by atoms with van der Waals surface area (Å²) >= 11 is 0. The zero-order chi connectivity index (χ0) is 23.3. The first-order valence-electron chi connectivity index (χ1n) is 10.1.